The van der Waals surface area contributed by atoms with Gasteiger partial charge in [0.2, 0.25) is 0 Å². The van der Waals surface area contributed by atoms with E-state index in [1.54, 1.807) is 43.5 Å². The number of carbonyl (C=O) groups is 1. The predicted molar refractivity (Wildman–Crippen MR) is 86.4 cm³/mol. The Morgan fingerprint density at radius 1 is 1.18 bits per heavy atom. The van der Waals surface area contributed by atoms with E-state index in [0.717, 1.165) is 13.0 Å². The lowest BCUT2D eigenvalue weighted by Gasteiger charge is -2.07. The molecule has 0 atom stereocenters. The van der Waals surface area contributed by atoms with Gasteiger partial charge in [0.1, 0.15) is 5.82 Å². The number of halogens is 1. The molecule has 1 aromatic heterocycles. The van der Waals surface area contributed by atoms with E-state index in [1.807, 2.05) is 0 Å². The van der Waals surface area contributed by atoms with Crippen molar-refractivity contribution < 1.29 is 9.53 Å². The van der Waals surface area contributed by atoms with E-state index < -0.39 is 0 Å². The van der Waals surface area contributed by atoms with E-state index in [1.165, 1.54) is 0 Å². The molecule has 0 aliphatic heterocycles. The molecule has 22 heavy (non-hydrogen) atoms. The molecular weight excluding hydrogens is 304 g/mol. The Kier molecular flexibility index (Phi) is 6.12. The number of amides is 1. The number of methoxy groups -OCH3 is 1. The van der Waals surface area contributed by atoms with E-state index in [0.29, 0.717) is 28.8 Å². The standard InChI is InChI=1S/C15H17ClN4O2/c1-22-10-4-9-17-13-7-8-14(20-19-13)18-15(21)11-5-2-3-6-12(11)16/h2-3,5-8H,4,9-10H2,1H3,(H,17,19)(H,18,20,21). The number of nitrogens with one attached hydrogen (secondary N) is 2. The van der Waals surface area contributed by atoms with Crippen molar-refractivity contribution in [1.82, 2.24) is 10.2 Å². The molecular formula is C15H17ClN4O2. The third-order valence-corrected chi connectivity index (χ3v) is 3.19. The van der Waals surface area contributed by atoms with Gasteiger partial charge in [0.05, 0.1) is 10.6 Å². The van der Waals surface area contributed by atoms with Crippen LogP contribution in [0.25, 0.3) is 0 Å². The van der Waals surface area contributed by atoms with Gasteiger partial charge in [-0.15, -0.1) is 10.2 Å². The molecule has 0 spiro atoms. The first-order valence-corrected chi connectivity index (χ1v) is 7.21. The molecule has 0 unspecified atom stereocenters. The molecule has 0 fully saturated rings. The molecule has 0 saturated carbocycles. The van der Waals surface area contributed by atoms with E-state index in [2.05, 4.69) is 20.8 Å². The zero-order valence-corrected chi connectivity index (χ0v) is 12.9. The smallest absolute Gasteiger partial charge is 0.258 e. The zero-order valence-electron chi connectivity index (χ0n) is 12.2. The van der Waals surface area contributed by atoms with Crippen LogP contribution in [0, 0.1) is 0 Å². The van der Waals surface area contributed by atoms with Crippen LogP contribution in [0.4, 0.5) is 11.6 Å². The Labute approximate surface area is 133 Å². The molecule has 116 valence electrons. The van der Waals surface area contributed by atoms with Crippen LogP contribution in [0.2, 0.25) is 5.02 Å². The van der Waals surface area contributed by atoms with Gasteiger partial charge in [0.15, 0.2) is 5.82 Å². The number of aromatic nitrogens is 2. The van der Waals surface area contributed by atoms with E-state index in [9.17, 15) is 4.79 Å². The fourth-order valence-corrected chi connectivity index (χ4v) is 1.98. The molecule has 2 N–H and O–H groups in total. The molecule has 0 saturated heterocycles. The second-order valence-corrected chi connectivity index (χ2v) is 4.92. The molecule has 0 bridgehead atoms. The van der Waals surface area contributed by atoms with Gasteiger partial charge in [0.25, 0.3) is 5.91 Å². The second-order valence-electron chi connectivity index (χ2n) is 4.51. The lowest BCUT2D eigenvalue weighted by atomic mass is 10.2. The summed E-state index contributed by atoms with van der Waals surface area (Å²) in [6.45, 7) is 1.43. The highest BCUT2D eigenvalue weighted by Gasteiger charge is 2.10. The summed E-state index contributed by atoms with van der Waals surface area (Å²) in [6, 6.07) is 10.3. The topological polar surface area (TPSA) is 76.1 Å². The van der Waals surface area contributed by atoms with Crippen LogP contribution >= 0.6 is 11.6 Å². The number of anilines is 2. The van der Waals surface area contributed by atoms with Gasteiger partial charge >= 0.3 is 0 Å². The number of ether oxygens (including phenoxy) is 1. The number of hydrogen-bond acceptors (Lipinski definition) is 5. The van der Waals surface area contributed by atoms with Crippen molar-refractivity contribution >= 4 is 29.1 Å². The number of benzene rings is 1. The van der Waals surface area contributed by atoms with Crippen LogP contribution in [0.15, 0.2) is 36.4 Å². The summed E-state index contributed by atoms with van der Waals surface area (Å²) in [5.74, 6) is 0.694. The lowest BCUT2D eigenvalue weighted by Crippen LogP contribution is -2.14. The Balaban J connectivity index is 1.91. The van der Waals surface area contributed by atoms with Crippen LogP contribution in [-0.2, 0) is 4.74 Å². The SMILES string of the molecule is COCCCNc1ccc(NC(=O)c2ccccc2Cl)nn1. The van der Waals surface area contributed by atoms with Crippen molar-refractivity contribution in [2.75, 3.05) is 30.9 Å². The van der Waals surface area contributed by atoms with Crippen LogP contribution < -0.4 is 10.6 Å². The molecule has 2 rings (SSSR count). The molecule has 1 heterocycles. The summed E-state index contributed by atoms with van der Waals surface area (Å²) in [6.07, 6.45) is 0.878. The summed E-state index contributed by atoms with van der Waals surface area (Å²) in [7, 11) is 1.66. The Morgan fingerprint density at radius 3 is 2.59 bits per heavy atom. The first-order valence-electron chi connectivity index (χ1n) is 6.83. The van der Waals surface area contributed by atoms with Gasteiger partial charge in [-0.25, -0.2) is 0 Å². The maximum absolute atomic E-state index is 12.1. The molecule has 0 aliphatic rings. The number of hydrogen-bond donors (Lipinski definition) is 2. The highest BCUT2D eigenvalue weighted by Crippen LogP contribution is 2.16. The Morgan fingerprint density at radius 2 is 1.91 bits per heavy atom. The molecule has 0 aliphatic carbocycles. The minimum absolute atomic E-state index is 0.319. The Bertz CT molecular complexity index is 619. The minimum atomic E-state index is -0.319. The van der Waals surface area contributed by atoms with Gasteiger partial charge in [-0.2, -0.15) is 0 Å². The summed E-state index contributed by atoms with van der Waals surface area (Å²) in [5, 5.41) is 14.1. The van der Waals surface area contributed by atoms with Gasteiger partial charge in [-0.1, -0.05) is 23.7 Å². The van der Waals surface area contributed by atoms with Crippen molar-refractivity contribution in [3.8, 4) is 0 Å². The molecule has 2 aromatic rings. The summed E-state index contributed by atoms with van der Waals surface area (Å²) < 4.78 is 4.96. The molecule has 1 aromatic carbocycles. The first kappa shape index (κ1) is 16.2. The highest BCUT2D eigenvalue weighted by atomic mass is 35.5. The van der Waals surface area contributed by atoms with Gasteiger partial charge < -0.3 is 15.4 Å². The largest absolute Gasteiger partial charge is 0.385 e. The van der Waals surface area contributed by atoms with E-state index in [-0.39, 0.29) is 5.91 Å². The fourth-order valence-electron chi connectivity index (χ4n) is 1.76. The van der Waals surface area contributed by atoms with Crippen LogP contribution in [0.1, 0.15) is 16.8 Å². The molecule has 0 radical (unpaired) electrons. The number of nitrogens with zero attached hydrogens (tertiary/aromatic N) is 2. The zero-order chi connectivity index (χ0) is 15.8. The van der Waals surface area contributed by atoms with Gasteiger partial charge in [-0.05, 0) is 30.7 Å². The molecule has 7 heteroatoms. The minimum Gasteiger partial charge on any atom is -0.385 e. The molecule has 1 amide bonds. The summed E-state index contributed by atoms with van der Waals surface area (Å²) >= 11 is 5.98. The maximum Gasteiger partial charge on any atom is 0.258 e. The van der Waals surface area contributed by atoms with Crippen LogP contribution in [-0.4, -0.2) is 36.4 Å². The van der Waals surface area contributed by atoms with E-state index in [4.69, 9.17) is 16.3 Å². The highest BCUT2D eigenvalue weighted by molar-refractivity contribution is 6.34. The quantitative estimate of drug-likeness (QED) is 0.767. The van der Waals surface area contributed by atoms with Crippen molar-refractivity contribution in [1.29, 1.82) is 0 Å². The van der Waals surface area contributed by atoms with E-state index >= 15 is 0 Å². The predicted octanol–water partition coefficient (Wildman–Crippen LogP) is 2.83. The average molecular weight is 321 g/mol. The maximum atomic E-state index is 12.1. The van der Waals surface area contributed by atoms with Crippen molar-refractivity contribution in [3.63, 3.8) is 0 Å². The molecule has 6 nitrogen and oxygen atoms in total. The fraction of sp³-hybridized carbons (Fsp3) is 0.267. The van der Waals surface area contributed by atoms with Crippen LogP contribution in [0.5, 0.6) is 0 Å². The third kappa shape index (κ3) is 4.68. The number of rotatable bonds is 7. The lowest BCUT2D eigenvalue weighted by molar-refractivity contribution is 0.102. The first-order chi connectivity index (χ1) is 10.7. The monoisotopic (exact) mass is 320 g/mol. The van der Waals surface area contributed by atoms with Crippen molar-refractivity contribution in [2.24, 2.45) is 0 Å². The summed E-state index contributed by atoms with van der Waals surface area (Å²) in [4.78, 5) is 12.1. The van der Waals surface area contributed by atoms with Gasteiger partial charge in [0, 0.05) is 20.3 Å². The number of carbonyl (C=O) groups excluding carboxylic acids is 1. The second kappa shape index (κ2) is 8.31. The van der Waals surface area contributed by atoms with Crippen molar-refractivity contribution in [2.45, 2.75) is 6.42 Å². The third-order valence-electron chi connectivity index (χ3n) is 2.86. The van der Waals surface area contributed by atoms with Gasteiger partial charge in [-0.3, -0.25) is 4.79 Å². The Hall–Kier alpha value is -2.18. The average Bonchev–Trinajstić information content (AvgIpc) is 2.53. The normalized spacial score (nSPS) is 10.3. The summed E-state index contributed by atoms with van der Waals surface area (Å²) in [5.41, 5.74) is 0.396. The van der Waals surface area contributed by atoms with Crippen LogP contribution in [0.3, 0.4) is 0 Å². The van der Waals surface area contributed by atoms with Crippen molar-refractivity contribution in [3.05, 3.63) is 47.0 Å².